The molecule has 1 unspecified atom stereocenters. The molecule has 13 heavy (non-hydrogen) atoms. The zero-order valence-electron chi connectivity index (χ0n) is 8.55. The van der Waals surface area contributed by atoms with Crippen molar-refractivity contribution < 1.29 is 15.0 Å². The van der Waals surface area contributed by atoms with Crippen LogP contribution in [0.5, 0.6) is 0 Å². The Kier molecular flexibility index (Phi) is 5.71. The first-order chi connectivity index (χ1) is 6.06. The normalized spacial score (nSPS) is 15.3. The van der Waals surface area contributed by atoms with E-state index in [4.69, 9.17) is 10.2 Å². The standard InChI is InChI=1S/C10H20O3/c1-3-6-10(2,9(12)13)7-4-5-8-11/h11H,3-8H2,1-2H3,(H,12,13). The summed E-state index contributed by atoms with van der Waals surface area (Å²) in [7, 11) is 0. The molecule has 0 fully saturated rings. The Morgan fingerprint density at radius 2 is 1.92 bits per heavy atom. The van der Waals surface area contributed by atoms with Crippen LogP contribution in [-0.2, 0) is 4.79 Å². The third-order valence-electron chi connectivity index (χ3n) is 2.45. The molecule has 0 saturated heterocycles. The van der Waals surface area contributed by atoms with Gasteiger partial charge in [-0.05, 0) is 26.2 Å². The predicted molar refractivity (Wildman–Crippen MR) is 51.6 cm³/mol. The Morgan fingerprint density at radius 3 is 2.31 bits per heavy atom. The van der Waals surface area contributed by atoms with E-state index in [9.17, 15) is 4.79 Å². The summed E-state index contributed by atoms with van der Waals surface area (Å²) >= 11 is 0. The monoisotopic (exact) mass is 188 g/mol. The van der Waals surface area contributed by atoms with Crippen LogP contribution in [0, 0.1) is 5.41 Å². The molecule has 2 N–H and O–H groups in total. The van der Waals surface area contributed by atoms with Crippen molar-refractivity contribution in [2.24, 2.45) is 5.41 Å². The van der Waals surface area contributed by atoms with Gasteiger partial charge < -0.3 is 10.2 Å². The third-order valence-corrected chi connectivity index (χ3v) is 2.45. The van der Waals surface area contributed by atoms with Gasteiger partial charge in [0.2, 0.25) is 0 Å². The van der Waals surface area contributed by atoms with Crippen LogP contribution in [0.25, 0.3) is 0 Å². The Morgan fingerprint density at radius 1 is 1.31 bits per heavy atom. The summed E-state index contributed by atoms with van der Waals surface area (Å²) in [5, 5.41) is 17.6. The van der Waals surface area contributed by atoms with Crippen molar-refractivity contribution in [2.45, 2.75) is 46.0 Å². The first-order valence-electron chi connectivity index (χ1n) is 4.91. The van der Waals surface area contributed by atoms with Gasteiger partial charge in [-0.3, -0.25) is 4.79 Å². The highest BCUT2D eigenvalue weighted by Crippen LogP contribution is 2.29. The predicted octanol–water partition coefficient (Wildman–Crippen LogP) is 2.04. The second-order valence-electron chi connectivity index (χ2n) is 3.80. The minimum absolute atomic E-state index is 0.155. The summed E-state index contributed by atoms with van der Waals surface area (Å²) in [5.74, 6) is -0.715. The first-order valence-corrected chi connectivity index (χ1v) is 4.91. The summed E-state index contributed by atoms with van der Waals surface area (Å²) in [6.07, 6.45) is 3.76. The molecule has 0 aromatic heterocycles. The molecular formula is C10H20O3. The van der Waals surface area contributed by atoms with Gasteiger partial charge in [-0.25, -0.2) is 0 Å². The third kappa shape index (κ3) is 4.27. The number of hydrogen-bond donors (Lipinski definition) is 2. The van der Waals surface area contributed by atoms with Crippen molar-refractivity contribution in [3.05, 3.63) is 0 Å². The molecule has 3 heteroatoms. The lowest BCUT2D eigenvalue weighted by molar-refractivity contribution is -0.148. The number of aliphatic carboxylic acids is 1. The molecule has 0 heterocycles. The summed E-state index contributed by atoms with van der Waals surface area (Å²) in [6.45, 7) is 3.94. The van der Waals surface area contributed by atoms with Gasteiger partial charge >= 0.3 is 5.97 Å². The molecule has 0 saturated carbocycles. The van der Waals surface area contributed by atoms with Crippen LogP contribution in [0.1, 0.15) is 46.0 Å². The van der Waals surface area contributed by atoms with E-state index in [1.807, 2.05) is 6.92 Å². The number of carboxylic acids is 1. The van der Waals surface area contributed by atoms with Crippen molar-refractivity contribution in [3.8, 4) is 0 Å². The zero-order chi connectivity index (χ0) is 10.3. The van der Waals surface area contributed by atoms with Gasteiger partial charge in [0, 0.05) is 6.61 Å². The van der Waals surface area contributed by atoms with Crippen molar-refractivity contribution in [1.82, 2.24) is 0 Å². The summed E-state index contributed by atoms with van der Waals surface area (Å²) in [4.78, 5) is 10.9. The van der Waals surface area contributed by atoms with Crippen molar-refractivity contribution >= 4 is 5.97 Å². The van der Waals surface area contributed by atoms with Crippen LogP contribution in [0.4, 0.5) is 0 Å². The maximum atomic E-state index is 10.9. The molecule has 0 aliphatic heterocycles. The molecule has 0 radical (unpaired) electrons. The fourth-order valence-corrected chi connectivity index (χ4v) is 1.52. The van der Waals surface area contributed by atoms with Crippen LogP contribution in [0.3, 0.4) is 0 Å². The van der Waals surface area contributed by atoms with Gasteiger partial charge in [0.25, 0.3) is 0 Å². The molecule has 0 aliphatic rings. The molecule has 0 aromatic rings. The lowest BCUT2D eigenvalue weighted by Crippen LogP contribution is -2.27. The van der Waals surface area contributed by atoms with Crippen LogP contribution < -0.4 is 0 Å². The molecule has 3 nitrogen and oxygen atoms in total. The highest BCUT2D eigenvalue weighted by Gasteiger charge is 2.30. The molecule has 0 spiro atoms. The van der Waals surface area contributed by atoms with E-state index in [-0.39, 0.29) is 6.61 Å². The molecule has 0 aliphatic carbocycles. The second kappa shape index (κ2) is 5.97. The number of aliphatic hydroxyl groups excluding tert-OH is 1. The maximum Gasteiger partial charge on any atom is 0.309 e. The van der Waals surface area contributed by atoms with E-state index in [1.165, 1.54) is 0 Å². The van der Waals surface area contributed by atoms with Crippen molar-refractivity contribution in [1.29, 1.82) is 0 Å². The van der Waals surface area contributed by atoms with Crippen LogP contribution in [-0.4, -0.2) is 22.8 Å². The number of carbonyl (C=O) groups is 1. The SMILES string of the molecule is CCCC(C)(CCCCO)C(=O)O. The smallest absolute Gasteiger partial charge is 0.309 e. The van der Waals surface area contributed by atoms with E-state index in [0.717, 1.165) is 12.8 Å². The largest absolute Gasteiger partial charge is 0.481 e. The van der Waals surface area contributed by atoms with Gasteiger partial charge in [0.15, 0.2) is 0 Å². The molecule has 0 amide bonds. The van der Waals surface area contributed by atoms with Crippen LogP contribution in [0.15, 0.2) is 0 Å². The molecule has 0 aromatic carbocycles. The van der Waals surface area contributed by atoms with E-state index >= 15 is 0 Å². The van der Waals surface area contributed by atoms with E-state index in [2.05, 4.69) is 0 Å². The minimum Gasteiger partial charge on any atom is -0.481 e. The van der Waals surface area contributed by atoms with Gasteiger partial charge in [-0.2, -0.15) is 0 Å². The van der Waals surface area contributed by atoms with Gasteiger partial charge in [-0.1, -0.05) is 19.8 Å². The van der Waals surface area contributed by atoms with Crippen molar-refractivity contribution in [3.63, 3.8) is 0 Å². The fourth-order valence-electron chi connectivity index (χ4n) is 1.52. The van der Waals surface area contributed by atoms with Crippen molar-refractivity contribution in [2.75, 3.05) is 6.61 Å². The van der Waals surface area contributed by atoms with Crippen LogP contribution in [0.2, 0.25) is 0 Å². The number of carboxylic acid groups (broad SMARTS) is 1. The Hall–Kier alpha value is -0.570. The van der Waals surface area contributed by atoms with E-state index in [0.29, 0.717) is 19.3 Å². The topological polar surface area (TPSA) is 57.5 Å². The van der Waals surface area contributed by atoms with E-state index in [1.54, 1.807) is 6.92 Å². The Labute approximate surface area is 79.8 Å². The second-order valence-corrected chi connectivity index (χ2v) is 3.80. The summed E-state index contributed by atoms with van der Waals surface area (Å²) in [5.41, 5.74) is -0.593. The maximum absolute atomic E-state index is 10.9. The molecule has 1 atom stereocenters. The number of unbranched alkanes of at least 4 members (excludes halogenated alkanes) is 1. The first kappa shape index (κ1) is 12.4. The summed E-state index contributed by atoms with van der Waals surface area (Å²) in [6, 6.07) is 0. The Bertz CT molecular complexity index is 156. The number of aliphatic hydroxyl groups is 1. The zero-order valence-corrected chi connectivity index (χ0v) is 8.55. The van der Waals surface area contributed by atoms with Gasteiger partial charge in [0.05, 0.1) is 5.41 Å². The summed E-state index contributed by atoms with van der Waals surface area (Å²) < 4.78 is 0. The highest BCUT2D eigenvalue weighted by molar-refractivity contribution is 5.73. The molecular weight excluding hydrogens is 168 g/mol. The van der Waals surface area contributed by atoms with Crippen LogP contribution >= 0.6 is 0 Å². The highest BCUT2D eigenvalue weighted by atomic mass is 16.4. The fraction of sp³-hybridized carbons (Fsp3) is 0.900. The quantitative estimate of drug-likeness (QED) is 0.601. The van der Waals surface area contributed by atoms with Gasteiger partial charge in [-0.15, -0.1) is 0 Å². The molecule has 0 bridgehead atoms. The lowest BCUT2D eigenvalue weighted by atomic mass is 9.81. The van der Waals surface area contributed by atoms with E-state index < -0.39 is 11.4 Å². The van der Waals surface area contributed by atoms with Gasteiger partial charge in [0.1, 0.15) is 0 Å². The average Bonchev–Trinajstić information content (AvgIpc) is 2.05. The lowest BCUT2D eigenvalue weighted by Gasteiger charge is -2.23. The average molecular weight is 188 g/mol. The Balaban J connectivity index is 4.00. The minimum atomic E-state index is -0.715. The number of rotatable bonds is 7. The molecule has 78 valence electrons. The number of hydrogen-bond acceptors (Lipinski definition) is 2. The molecule has 0 rings (SSSR count).